The maximum absolute atomic E-state index is 12.9. The molecule has 0 bridgehead atoms. The Morgan fingerprint density at radius 2 is 1.77 bits per heavy atom. The third-order valence-electron chi connectivity index (χ3n) is 4.30. The van der Waals surface area contributed by atoms with Gasteiger partial charge in [-0.25, -0.2) is 0 Å². The number of aromatic nitrogens is 1. The topological polar surface area (TPSA) is 39.2 Å². The highest BCUT2D eigenvalue weighted by atomic mass is 16.5. The smallest absolute Gasteiger partial charge is 0.171 e. The van der Waals surface area contributed by atoms with Gasteiger partial charge in [0.25, 0.3) is 0 Å². The van der Waals surface area contributed by atoms with E-state index in [-0.39, 0.29) is 5.78 Å². The highest BCUT2D eigenvalue weighted by Crippen LogP contribution is 2.26. The van der Waals surface area contributed by atoms with Crippen LogP contribution in [0, 0.1) is 0 Å². The minimum atomic E-state index is 0.0450. The first-order valence-electron chi connectivity index (χ1n) is 8.86. The highest BCUT2D eigenvalue weighted by Gasteiger charge is 2.16. The summed E-state index contributed by atoms with van der Waals surface area (Å²) in [6.45, 7) is 4.68. The predicted octanol–water partition coefficient (Wildman–Crippen LogP) is 5.21. The van der Waals surface area contributed by atoms with E-state index < -0.39 is 0 Å². The lowest BCUT2D eigenvalue weighted by molar-refractivity contribution is 0.0988. The number of pyridine rings is 1. The second-order valence-electron chi connectivity index (χ2n) is 6.65. The monoisotopic (exact) mass is 345 g/mol. The second kappa shape index (κ2) is 8.43. The molecule has 0 fully saturated rings. The van der Waals surface area contributed by atoms with Crippen molar-refractivity contribution in [3.05, 3.63) is 95.3 Å². The van der Waals surface area contributed by atoms with Crippen LogP contribution in [0.25, 0.3) is 0 Å². The Hall–Kier alpha value is -2.94. The number of carbonyl (C=O) groups is 1. The van der Waals surface area contributed by atoms with E-state index in [1.807, 2.05) is 60.7 Å². The van der Waals surface area contributed by atoms with Crippen molar-refractivity contribution in [2.75, 3.05) is 0 Å². The summed E-state index contributed by atoms with van der Waals surface area (Å²) >= 11 is 0. The molecule has 2 aromatic carbocycles. The largest absolute Gasteiger partial charge is 0.488 e. The molecule has 0 aliphatic heterocycles. The first-order chi connectivity index (χ1) is 12.6. The lowest BCUT2D eigenvalue weighted by atomic mass is 9.96. The lowest BCUT2D eigenvalue weighted by Crippen LogP contribution is -2.08. The highest BCUT2D eigenvalue weighted by molar-refractivity contribution is 6.00. The van der Waals surface area contributed by atoms with Gasteiger partial charge in [0.1, 0.15) is 12.4 Å². The van der Waals surface area contributed by atoms with E-state index >= 15 is 0 Å². The summed E-state index contributed by atoms with van der Waals surface area (Å²) in [5, 5.41) is 0. The van der Waals surface area contributed by atoms with Crippen molar-refractivity contribution in [1.29, 1.82) is 0 Å². The zero-order chi connectivity index (χ0) is 18.4. The molecule has 0 saturated carbocycles. The van der Waals surface area contributed by atoms with E-state index in [1.54, 1.807) is 12.4 Å². The Balaban J connectivity index is 1.84. The van der Waals surface area contributed by atoms with Gasteiger partial charge in [0.05, 0.1) is 5.56 Å². The molecule has 0 atom stereocenters. The van der Waals surface area contributed by atoms with E-state index in [0.29, 0.717) is 30.3 Å². The molecule has 3 nitrogen and oxygen atoms in total. The molecular weight excluding hydrogens is 322 g/mol. The van der Waals surface area contributed by atoms with E-state index in [1.165, 1.54) is 0 Å². The molecule has 0 N–H and O–H groups in total. The molecule has 3 aromatic rings. The summed E-state index contributed by atoms with van der Waals surface area (Å²) in [6, 6.07) is 19.6. The zero-order valence-corrected chi connectivity index (χ0v) is 15.2. The van der Waals surface area contributed by atoms with Crippen molar-refractivity contribution in [2.24, 2.45) is 0 Å². The fourth-order valence-electron chi connectivity index (χ4n) is 2.77. The van der Waals surface area contributed by atoms with Crippen molar-refractivity contribution in [3.63, 3.8) is 0 Å². The van der Waals surface area contributed by atoms with Gasteiger partial charge in [-0.2, -0.15) is 0 Å². The van der Waals surface area contributed by atoms with E-state index in [0.717, 1.165) is 16.7 Å². The van der Waals surface area contributed by atoms with Gasteiger partial charge in [-0.05, 0) is 40.8 Å². The van der Waals surface area contributed by atoms with Crippen LogP contribution in [0.4, 0.5) is 0 Å². The molecule has 26 heavy (non-hydrogen) atoms. The van der Waals surface area contributed by atoms with Gasteiger partial charge in [-0.1, -0.05) is 56.3 Å². The lowest BCUT2D eigenvalue weighted by Gasteiger charge is -2.14. The molecule has 1 heterocycles. The van der Waals surface area contributed by atoms with Crippen LogP contribution in [0.1, 0.15) is 46.8 Å². The number of hydrogen-bond donors (Lipinski definition) is 0. The van der Waals surface area contributed by atoms with Crippen LogP contribution in [0.2, 0.25) is 0 Å². The van der Waals surface area contributed by atoms with Crippen LogP contribution in [0.3, 0.4) is 0 Å². The third kappa shape index (κ3) is 4.57. The van der Waals surface area contributed by atoms with Crippen LogP contribution in [-0.2, 0) is 13.0 Å². The third-order valence-corrected chi connectivity index (χ3v) is 4.30. The van der Waals surface area contributed by atoms with Crippen LogP contribution >= 0.6 is 0 Å². The van der Waals surface area contributed by atoms with Gasteiger partial charge in [0.2, 0.25) is 0 Å². The average molecular weight is 345 g/mol. The first kappa shape index (κ1) is 17.9. The van der Waals surface area contributed by atoms with Crippen molar-refractivity contribution in [3.8, 4) is 5.75 Å². The average Bonchev–Trinajstić information content (AvgIpc) is 2.67. The van der Waals surface area contributed by atoms with Gasteiger partial charge in [-0.3, -0.25) is 9.78 Å². The number of ketones is 1. The first-order valence-corrected chi connectivity index (χ1v) is 8.86. The fraction of sp³-hybridized carbons (Fsp3) is 0.217. The van der Waals surface area contributed by atoms with E-state index in [4.69, 9.17) is 4.74 Å². The van der Waals surface area contributed by atoms with Crippen molar-refractivity contribution in [1.82, 2.24) is 4.98 Å². The van der Waals surface area contributed by atoms with E-state index in [9.17, 15) is 4.79 Å². The fourth-order valence-corrected chi connectivity index (χ4v) is 2.77. The molecule has 0 aliphatic rings. The normalized spacial score (nSPS) is 10.7. The number of hydrogen-bond acceptors (Lipinski definition) is 3. The van der Waals surface area contributed by atoms with Gasteiger partial charge in [0.15, 0.2) is 5.78 Å². The van der Waals surface area contributed by atoms with Gasteiger partial charge in [0, 0.05) is 18.8 Å². The van der Waals surface area contributed by atoms with Crippen molar-refractivity contribution >= 4 is 5.78 Å². The second-order valence-corrected chi connectivity index (χ2v) is 6.65. The number of rotatable bonds is 7. The Morgan fingerprint density at radius 1 is 1.00 bits per heavy atom. The predicted molar refractivity (Wildman–Crippen MR) is 104 cm³/mol. The van der Waals surface area contributed by atoms with Crippen LogP contribution < -0.4 is 4.74 Å². The Bertz CT molecular complexity index is 858. The van der Waals surface area contributed by atoms with Crippen molar-refractivity contribution in [2.45, 2.75) is 32.8 Å². The summed E-state index contributed by atoms with van der Waals surface area (Å²) in [6.07, 6.45) is 3.76. The zero-order valence-electron chi connectivity index (χ0n) is 15.2. The van der Waals surface area contributed by atoms with Crippen molar-refractivity contribution < 1.29 is 9.53 Å². The molecule has 3 heteroatoms. The van der Waals surface area contributed by atoms with Crippen LogP contribution in [-0.4, -0.2) is 10.8 Å². The number of carbonyl (C=O) groups excluding carboxylic acids is 1. The number of benzene rings is 2. The van der Waals surface area contributed by atoms with E-state index in [2.05, 4.69) is 18.8 Å². The molecule has 132 valence electrons. The molecule has 0 radical (unpaired) electrons. The van der Waals surface area contributed by atoms with Gasteiger partial charge < -0.3 is 4.74 Å². The Labute approximate surface area is 154 Å². The number of nitrogens with zero attached hydrogens (tertiary/aromatic N) is 1. The summed E-state index contributed by atoms with van der Waals surface area (Å²) in [5.74, 6) is 1.03. The molecular formula is C23H23NO2. The molecule has 0 amide bonds. The number of ether oxygens (including phenoxy) is 1. The molecule has 3 rings (SSSR count). The molecule has 0 saturated heterocycles. The quantitative estimate of drug-likeness (QED) is 0.552. The SMILES string of the molecule is CC(C)c1ccc(OCc2ccccc2)c(C(=O)Cc2cccnc2)c1. The summed E-state index contributed by atoms with van der Waals surface area (Å²) in [7, 11) is 0. The minimum absolute atomic E-state index is 0.0450. The Kier molecular flexibility index (Phi) is 5.80. The minimum Gasteiger partial charge on any atom is -0.488 e. The summed E-state index contributed by atoms with van der Waals surface area (Å²) < 4.78 is 5.98. The van der Waals surface area contributed by atoms with Gasteiger partial charge in [-0.15, -0.1) is 0 Å². The molecule has 1 aromatic heterocycles. The van der Waals surface area contributed by atoms with Crippen LogP contribution in [0.15, 0.2) is 73.1 Å². The maximum atomic E-state index is 12.9. The summed E-state index contributed by atoms with van der Waals surface area (Å²) in [4.78, 5) is 17.0. The molecule has 0 aliphatic carbocycles. The molecule has 0 spiro atoms. The summed E-state index contributed by atoms with van der Waals surface area (Å²) in [5.41, 5.74) is 3.75. The molecule has 0 unspecified atom stereocenters. The Morgan fingerprint density at radius 3 is 2.46 bits per heavy atom. The maximum Gasteiger partial charge on any atom is 0.171 e. The number of Topliss-reactive ketones (excluding diaryl/α,β-unsaturated/α-hetero) is 1. The standard InChI is InChI=1S/C23H23NO2/c1-17(2)20-10-11-23(26-16-18-7-4-3-5-8-18)21(14-20)22(25)13-19-9-6-12-24-15-19/h3-12,14-15,17H,13,16H2,1-2H3. The van der Waals surface area contributed by atoms with Gasteiger partial charge >= 0.3 is 0 Å². The van der Waals surface area contributed by atoms with Crippen LogP contribution in [0.5, 0.6) is 5.75 Å².